The van der Waals surface area contributed by atoms with Crippen molar-refractivity contribution in [3.8, 4) is 0 Å². The lowest BCUT2D eigenvalue weighted by atomic mass is 9.93. The Morgan fingerprint density at radius 1 is 0.938 bits per heavy atom. The van der Waals surface area contributed by atoms with Gasteiger partial charge >= 0.3 is 12.4 Å². The number of aliphatic hydroxyl groups excluding tert-OH is 1. The average molecular weight is 458 g/mol. The molecule has 1 aliphatic heterocycles. The van der Waals surface area contributed by atoms with Gasteiger partial charge in [0.05, 0.1) is 17.2 Å². The van der Waals surface area contributed by atoms with Crippen LogP contribution in [0.4, 0.5) is 32.0 Å². The predicted octanol–water partition coefficient (Wildman–Crippen LogP) is 5.08. The van der Waals surface area contributed by atoms with E-state index in [1.54, 1.807) is 0 Å². The Bertz CT molecular complexity index is 1060. The first-order valence-corrected chi connectivity index (χ1v) is 9.14. The van der Waals surface area contributed by atoms with Crippen LogP contribution < -0.4 is 5.32 Å². The molecule has 1 aliphatic rings. The summed E-state index contributed by atoms with van der Waals surface area (Å²) in [6, 6.07) is 6.74. The summed E-state index contributed by atoms with van der Waals surface area (Å²) < 4.78 is 76.2. The van der Waals surface area contributed by atoms with Crippen molar-refractivity contribution in [2.24, 2.45) is 0 Å². The van der Waals surface area contributed by atoms with Gasteiger partial charge in [-0.2, -0.15) is 26.3 Å². The number of nitrogens with zero attached hydrogens (tertiary/aromatic N) is 1. The van der Waals surface area contributed by atoms with Crippen LogP contribution in [0.15, 0.2) is 59.9 Å². The number of anilines is 1. The molecule has 11 heteroatoms. The first kappa shape index (κ1) is 23.2. The van der Waals surface area contributed by atoms with E-state index in [9.17, 15) is 41.0 Å². The van der Waals surface area contributed by atoms with Crippen LogP contribution in [0.1, 0.15) is 29.2 Å². The second kappa shape index (κ2) is 8.21. The maximum Gasteiger partial charge on any atom is 0.416 e. The van der Waals surface area contributed by atoms with Crippen molar-refractivity contribution in [2.75, 3.05) is 12.4 Å². The number of amides is 2. The zero-order chi connectivity index (χ0) is 23.8. The molecule has 0 spiro atoms. The summed E-state index contributed by atoms with van der Waals surface area (Å²) in [5, 5.41) is 12.6. The molecule has 0 saturated carbocycles. The molecule has 5 nitrogen and oxygen atoms in total. The van der Waals surface area contributed by atoms with Gasteiger partial charge in [0, 0.05) is 19.2 Å². The first-order valence-electron chi connectivity index (χ1n) is 9.14. The Kier molecular flexibility index (Phi) is 5.94. The number of halogens is 6. The lowest BCUT2D eigenvalue weighted by molar-refractivity contribution is -0.138. The quantitative estimate of drug-likeness (QED) is 0.498. The third kappa shape index (κ3) is 4.71. The zero-order valence-electron chi connectivity index (χ0n) is 16.4. The van der Waals surface area contributed by atoms with E-state index in [2.05, 4.69) is 5.32 Å². The molecule has 1 heterocycles. The molecule has 2 N–H and O–H groups in total. The molecular formula is C21H16F6N2O3. The molecular weight excluding hydrogens is 442 g/mol. The minimum atomic E-state index is -4.56. The van der Waals surface area contributed by atoms with Gasteiger partial charge in [-0.15, -0.1) is 0 Å². The second-order valence-electron chi connectivity index (χ2n) is 7.11. The van der Waals surface area contributed by atoms with Gasteiger partial charge < -0.3 is 15.3 Å². The van der Waals surface area contributed by atoms with Crippen LogP contribution in [0, 0.1) is 0 Å². The van der Waals surface area contributed by atoms with Crippen molar-refractivity contribution in [3.05, 3.63) is 76.6 Å². The minimum absolute atomic E-state index is 0.0244. The molecule has 0 fully saturated rings. The Balaban J connectivity index is 1.80. The normalized spacial score (nSPS) is 17.5. The summed E-state index contributed by atoms with van der Waals surface area (Å²) in [6.45, 7) is 0. The SMILES string of the molecule is CN1C(=O)C(C(=O)Nc2ccc(C(F)(F)F)cc2)=C(O)CC1c1ccc(C(F)(F)F)cc1. The van der Waals surface area contributed by atoms with E-state index < -0.39 is 52.7 Å². The Hall–Kier alpha value is -3.50. The third-order valence-corrected chi connectivity index (χ3v) is 5.00. The van der Waals surface area contributed by atoms with Crippen LogP contribution in [0.2, 0.25) is 0 Å². The fourth-order valence-corrected chi connectivity index (χ4v) is 3.26. The van der Waals surface area contributed by atoms with E-state index in [-0.39, 0.29) is 12.1 Å². The van der Waals surface area contributed by atoms with Gasteiger partial charge in [-0.1, -0.05) is 12.1 Å². The molecule has 170 valence electrons. The van der Waals surface area contributed by atoms with Gasteiger partial charge in [0.25, 0.3) is 11.8 Å². The van der Waals surface area contributed by atoms with Crippen molar-refractivity contribution in [1.82, 2.24) is 4.90 Å². The monoisotopic (exact) mass is 458 g/mol. The molecule has 0 bridgehead atoms. The fraction of sp³-hybridized carbons (Fsp3) is 0.238. The number of benzene rings is 2. The molecule has 2 aromatic carbocycles. The highest BCUT2D eigenvalue weighted by atomic mass is 19.4. The number of alkyl halides is 6. The van der Waals surface area contributed by atoms with Gasteiger partial charge in [0.15, 0.2) is 0 Å². The van der Waals surface area contributed by atoms with E-state index in [1.165, 1.54) is 19.2 Å². The van der Waals surface area contributed by atoms with E-state index in [0.29, 0.717) is 5.56 Å². The van der Waals surface area contributed by atoms with E-state index in [4.69, 9.17) is 0 Å². The summed E-state index contributed by atoms with van der Waals surface area (Å²) >= 11 is 0. The van der Waals surface area contributed by atoms with Gasteiger partial charge in [0.2, 0.25) is 0 Å². The maximum atomic E-state index is 12.7. The molecule has 2 amide bonds. The number of aliphatic hydroxyl groups is 1. The van der Waals surface area contributed by atoms with Crippen LogP contribution in [-0.4, -0.2) is 28.9 Å². The Morgan fingerprint density at radius 3 is 1.88 bits per heavy atom. The number of carbonyl (C=O) groups excluding carboxylic acids is 2. The van der Waals surface area contributed by atoms with Gasteiger partial charge in [-0.3, -0.25) is 9.59 Å². The number of nitrogens with one attached hydrogen (secondary N) is 1. The summed E-state index contributed by atoms with van der Waals surface area (Å²) in [5.74, 6) is -2.49. The number of rotatable bonds is 3. The molecule has 0 aliphatic carbocycles. The van der Waals surface area contributed by atoms with Gasteiger partial charge in [-0.05, 0) is 42.0 Å². The predicted molar refractivity (Wildman–Crippen MR) is 101 cm³/mol. The van der Waals surface area contributed by atoms with Crippen LogP contribution in [-0.2, 0) is 21.9 Å². The zero-order valence-corrected chi connectivity index (χ0v) is 16.4. The highest BCUT2D eigenvalue weighted by Crippen LogP contribution is 2.36. The number of hydrogen-bond donors (Lipinski definition) is 2. The summed E-state index contributed by atoms with van der Waals surface area (Å²) in [5.41, 5.74) is -2.10. The molecule has 32 heavy (non-hydrogen) atoms. The largest absolute Gasteiger partial charge is 0.511 e. The van der Waals surface area contributed by atoms with Crippen LogP contribution in [0.25, 0.3) is 0 Å². The summed E-state index contributed by atoms with van der Waals surface area (Å²) in [4.78, 5) is 26.3. The molecule has 0 saturated heterocycles. The van der Waals surface area contributed by atoms with Crippen LogP contribution in [0.5, 0.6) is 0 Å². The highest BCUT2D eigenvalue weighted by Gasteiger charge is 2.37. The average Bonchev–Trinajstić information content (AvgIpc) is 2.70. The van der Waals surface area contributed by atoms with Crippen molar-refractivity contribution in [3.63, 3.8) is 0 Å². The van der Waals surface area contributed by atoms with Gasteiger partial charge in [-0.25, -0.2) is 0 Å². The number of likely N-dealkylation sites (N-methyl/N-ethyl adjacent to an activating group) is 1. The van der Waals surface area contributed by atoms with Gasteiger partial charge in [0.1, 0.15) is 11.3 Å². The fourth-order valence-electron chi connectivity index (χ4n) is 3.26. The van der Waals surface area contributed by atoms with Crippen molar-refractivity contribution >= 4 is 17.5 Å². The topological polar surface area (TPSA) is 69.6 Å². The minimum Gasteiger partial charge on any atom is -0.511 e. The first-order chi connectivity index (χ1) is 14.8. The van der Waals surface area contributed by atoms with Crippen molar-refractivity contribution in [1.29, 1.82) is 0 Å². The molecule has 1 unspecified atom stereocenters. The third-order valence-electron chi connectivity index (χ3n) is 5.00. The van der Waals surface area contributed by atoms with E-state index >= 15 is 0 Å². The lowest BCUT2D eigenvalue weighted by Gasteiger charge is -2.33. The standard InChI is InChI=1S/C21H16F6N2O3/c1-29-15(11-2-4-12(5-3-11)20(22,23)24)10-16(30)17(19(29)32)18(31)28-14-8-6-13(7-9-14)21(25,26)27/h2-9,15,30H,10H2,1H3,(H,28,31). The van der Waals surface area contributed by atoms with Crippen molar-refractivity contribution < 1.29 is 41.0 Å². The molecule has 0 radical (unpaired) electrons. The summed E-state index contributed by atoms with van der Waals surface area (Å²) in [6.07, 6.45) is -9.32. The lowest BCUT2D eigenvalue weighted by Crippen LogP contribution is -2.40. The maximum absolute atomic E-state index is 12.7. The number of carbonyl (C=O) groups is 2. The van der Waals surface area contributed by atoms with Crippen molar-refractivity contribution in [2.45, 2.75) is 24.8 Å². The van der Waals surface area contributed by atoms with E-state index in [0.717, 1.165) is 41.3 Å². The van der Waals surface area contributed by atoms with Crippen LogP contribution in [0.3, 0.4) is 0 Å². The Morgan fingerprint density at radius 2 is 1.41 bits per heavy atom. The highest BCUT2D eigenvalue weighted by molar-refractivity contribution is 6.23. The second-order valence-corrected chi connectivity index (χ2v) is 7.11. The molecule has 0 aromatic heterocycles. The molecule has 3 rings (SSSR count). The molecule has 2 aromatic rings. The smallest absolute Gasteiger partial charge is 0.416 e. The number of hydrogen-bond acceptors (Lipinski definition) is 3. The Labute approximate surface area is 177 Å². The van der Waals surface area contributed by atoms with E-state index in [1.807, 2.05) is 0 Å². The van der Waals surface area contributed by atoms with Crippen LogP contribution >= 0.6 is 0 Å². The molecule has 1 atom stereocenters. The summed E-state index contributed by atoms with van der Waals surface area (Å²) in [7, 11) is 1.32.